The molecule has 0 atom stereocenters. The second-order valence-electron chi connectivity index (χ2n) is 6.05. The number of rotatable bonds is 5. The fraction of sp³-hybridized carbons (Fsp3) is 0.263. The van der Waals surface area contributed by atoms with Crippen molar-refractivity contribution in [3.8, 4) is 0 Å². The molecule has 1 aliphatic rings. The number of hydrogen-bond acceptors (Lipinski definition) is 2. The summed E-state index contributed by atoms with van der Waals surface area (Å²) in [6.45, 7) is 2.06. The van der Waals surface area contributed by atoms with Crippen molar-refractivity contribution in [2.24, 2.45) is 5.41 Å². The van der Waals surface area contributed by atoms with Crippen LogP contribution in [0.15, 0.2) is 48.5 Å². The van der Waals surface area contributed by atoms with Gasteiger partial charge >= 0.3 is 0 Å². The molecule has 0 aromatic heterocycles. The molecule has 0 saturated heterocycles. The maximum atomic E-state index is 12.9. The number of aryl methyl sites for hydroxylation is 1. The van der Waals surface area contributed by atoms with Crippen LogP contribution < -0.4 is 10.6 Å². The molecule has 2 amide bonds. The molecule has 2 N–H and O–H groups in total. The number of carbonyl (C=O) groups is 2. The van der Waals surface area contributed by atoms with Gasteiger partial charge in [0, 0.05) is 11.4 Å². The van der Waals surface area contributed by atoms with Crippen molar-refractivity contribution in [2.75, 3.05) is 10.6 Å². The summed E-state index contributed by atoms with van der Waals surface area (Å²) in [6.07, 6.45) is 1.95. The number of nitrogens with one attached hydrogen (secondary N) is 2. The van der Waals surface area contributed by atoms with Gasteiger partial charge in [0.15, 0.2) is 0 Å². The van der Waals surface area contributed by atoms with Crippen molar-refractivity contribution in [3.05, 3.63) is 59.9 Å². The lowest BCUT2D eigenvalue weighted by atomic mass is 10.0. The molecule has 5 heteroatoms. The quantitative estimate of drug-likeness (QED) is 0.822. The zero-order valence-corrected chi connectivity index (χ0v) is 13.4. The van der Waals surface area contributed by atoms with Gasteiger partial charge in [0.05, 0.1) is 0 Å². The second-order valence-corrected chi connectivity index (χ2v) is 6.05. The normalized spacial score (nSPS) is 14.8. The summed E-state index contributed by atoms with van der Waals surface area (Å²) in [5.41, 5.74) is 1.31. The van der Waals surface area contributed by atoms with Crippen molar-refractivity contribution in [2.45, 2.75) is 26.2 Å². The second kappa shape index (κ2) is 6.43. The van der Waals surface area contributed by atoms with E-state index in [0.29, 0.717) is 24.2 Å². The Morgan fingerprint density at radius 1 is 0.917 bits per heavy atom. The minimum Gasteiger partial charge on any atom is -0.325 e. The number of hydrogen-bond donors (Lipinski definition) is 2. The molecule has 3 rings (SSSR count). The number of carbonyl (C=O) groups excluding carboxylic acids is 2. The van der Waals surface area contributed by atoms with Crippen LogP contribution in [0.25, 0.3) is 0 Å². The first-order valence-corrected chi connectivity index (χ1v) is 8.01. The smallest absolute Gasteiger partial charge is 0.240 e. The first kappa shape index (κ1) is 16.2. The molecule has 0 aliphatic heterocycles. The molecule has 0 unspecified atom stereocenters. The molecule has 24 heavy (non-hydrogen) atoms. The highest BCUT2D eigenvalue weighted by Gasteiger charge is 2.56. The van der Waals surface area contributed by atoms with Crippen LogP contribution in [0.3, 0.4) is 0 Å². The Morgan fingerprint density at radius 2 is 1.38 bits per heavy atom. The van der Waals surface area contributed by atoms with Crippen LogP contribution in [0.5, 0.6) is 0 Å². The zero-order valence-electron chi connectivity index (χ0n) is 13.4. The van der Waals surface area contributed by atoms with Gasteiger partial charge < -0.3 is 10.6 Å². The lowest BCUT2D eigenvalue weighted by molar-refractivity contribution is -0.131. The van der Waals surface area contributed by atoms with Gasteiger partial charge in [-0.1, -0.05) is 19.1 Å². The standard InChI is InChI=1S/C19H19FN2O2/c1-2-13-3-7-15(8-4-13)21-17(23)19(11-12-19)18(24)22-16-9-5-14(20)6-10-16/h3-10H,2,11-12H2,1H3,(H,21,23)(H,22,24). The predicted octanol–water partition coefficient (Wildman–Crippen LogP) is 3.75. The molecular formula is C19H19FN2O2. The van der Waals surface area contributed by atoms with Crippen molar-refractivity contribution in [1.29, 1.82) is 0 Å². The van der Waals surface area contributed by atoms with Gasteiger partial charge in [-0.15, -0.1) is 0 Å². The molecule has 0 heterocycles. The van der Waals surface area contributed by atoms with Crippen LogP contribution in [0.1, 0.15) is 25.3 Å². The van der Waals surface area contributed by atoms with E-state index in [0.717, 1.165) is 6.42 Å². The highest BCUT2D eigenvalue weighted by atomic mass is 19.1. The van der Waals surface area contributed by atoms with Crippen molar-refractivity contribution < 1.29 is 14.0 Å². The molecule has 2 aromatic carbocycles. The Balaban J connectivity index is 1.66. The van der Waals surface area contributed by atoms with E-state index in [1.165, 1.54) is 29.8 Å². The van der Waals surface area contributed by atoms with Gasteiger partial charge in [-0.05, 0) is 61.2 Å². The average Bonchev–Trinajstić information content (AvgIpc) is 3.39. The Bertz CT molecular complexity index is 750. The van der Waals surface area contributed by atoms with E-state index in [-0.39, 0.29) is 17.6 Å². The molecule has 2 aromatic rings. The van der Waals surface area contributed by atoms with Crippen molar-refractivity contribution in [1.82, 2.24) is 0 Å². The van der Waals surface area contributed by atoms with E-state index in [4.69, 9.17) is 0 Å². The first-order valence-electron chi connectivity index (χ1n) is 8.01. The summed E-state index contributed by atoms with van der Waals surface area (Å²) in [5, 5.41) is 5.50. The Kier molecular flexibility index (Phi) is 4.34. The van der Waals surface area contributed by atoms with Crippen molar-refractivity contribution in [3.63, 3.8) is 0 Å². The van der Waals surface area contributed by atoms with Gasteiger partial charge in [0.1, 0.15) is 11.2 Å². The molecule has 1 aliphatic carbocycles. The zero-order chi connectivity index (χ0) is 17.2. The molecule has 0 spiro atoms. The van der Waals surface area contributed by atoms with Gasteiger partial charge in [-0.2, -0.15) is 0 Å². The highest BCUT2D eigenvalue weighted by Crippen LogP contribution is 2.47. The molecule has 0 bridgehead atoms. The molecule has 124 valence electrons. The Morgan fingerprint density at radius 3 is 1.79 bits per heavy atom. The van der Waals surface area contributed by atoms with Crippen LogP contribution in [0, 0.1) is 11.2 Å². The molecule has 0 radical (unpaired) electrons. The largest absolute Gasteiger partial charge is 0.325 e. The van der Waals surface area contributed by atoms with Crippen LogP contribution >= 0.6 is 0 Å². The van der Waals surface area contributed by atoms with Crippen LogP contribution in [-0.2, 0) is 16.0 Å². The molecule has 1 saturated carbocycles. The highest BCUT2D eigenvalue weighted by molar-refractivity contribution is 6.16. The minimum absolute atomic E-state index is 0.300. The van der Waals surface area contributed by atoms with E-state index < -0.39 is 5.41 Å². The predicted molar refractivity (Wildman–Crippen MR) is 91.1 cm³/mol. The Labute approximate surface area is 140 Å². The van der Waals surface area contributed by atoms with E-state index >= 15 is 0 Å². The maximum absolute atomic E-state index is 12.9. The summed E-state index contributed by atoms with van der Waals surface area (Å²) in [5.74, 6) is -1.02. The minimum atomic E-state index is -1.03. The van der Waals surface area contributed by atoms with Gasteiger partial charge in [0.25, 0.3) is 0 Å². The Hall–Kier alpha value is -2.69. The van der Waals surface area contributed by atoms with Crippen LogP contribution in [0.2, 0.25) is 0 Å². The third-order valence-electron chi connectivity index (χ3n) is 4.34. The van der Waals surface area contributed by atoms with E-state index in [2.05, 4.69) is 17.6 Å². The lowest BCUT2D eigenvalue weighted by Gasteiger charge is -2.15. The monoisotopic (exact) mass is 326 g/mol. The SMILES string of the molecule is CCc1ccc(NC(=O)C2(C(=O)Nc3ccc(F)cc3)CC2)cc1. The topological polar surface area (TPSA) is 58.2 Å². The van der Waals surface area contributed by atoms with E-state index in [9.17, 15) is 14.0 Å². The van der Waals surface area contributed by atoms with Crippen LogP contribution in [-0.4, -0.2) is 11.8 Å². The van der Waals surface area contributed by atoms with E-state index in [1.54, 1.807) is 0 Å². The fourth-order valence-electron chi connectivity index (χ4n) is 2.54. The first-order chi connectivity index (χ1) is 11.5. The summed E-state index contributed by atoms with van der Waals surface area (Å²) in [6, 6.07) is 13.1. The number of anilines is 2. The number of halogens is 1. The third kappa shape index (κ3) is 3.30. The number of benzene rings is 2. The van der Waals surface area contributed by atoms with Gasteiger partial charge in [-0.25, -0.2) is 4.39 Å². The van der Waals surface area contributed by atoms with Crippen LogP contribution in [0.4, 0.5) is 15.8 Å². The molecular weight excluding hydrogens is 307 g/mol. The third-order valence-corrected chi connectivity index (χ3v) is 4.34. The van der Waals surface area contributed by atoms with Crippen molar-refractivity contribution >= 4 is 23.2 Å². The average molecular weight is 326 g/mol. The van der Waals surface area contributed by atoms with Gasteiger partial charge in [0.2, 0.25) is 11.8 Å². The maximum Gasteiger partial charge on any atom is 0.240 e. The molecule has 1 fully saturated rings. The van der Waals surface area contributed by atoms with E-state index in [1.807, 2.05) is 24.3 Å². The fourth-order valence-corrected chi connectivity index (χ4v) is 2.54. The van der Waals surface area contributed by atoms with Gasteiger partial charge in [-0.3, -0.25) is 9.59 Å². The summed E-state index contributed by atoms with van der Waals surface area (Å²) in [7, 11) is 0. The number of amides is 2. The summed E-state index contributed by atoms with van der Waals surface area (Å²) < 4.78 is 12.9. The molecule has 4 nitrogen and oxygen atoms in total. The summed E-state index contributed by atoms with van der Waals surface area (Å²) in [4.78, 5) is 25.0. The lowest BCUT2D eigenvalue weighted by Crippen LogP contribution is -2.35. The summed E-state index contributed by atoms with van der Waals surface area (Å²) >= 11 is 0.